The first kappa shape index (κ1) is 9.12. The summed E-state index contributed by atoms with van der Waals surface area (Å²) >= 11 is 3.14. The number of carbonyl (C=O) groups is 1. The van der Waals surface area contributed by atoms with E-state index in [2.05, 4.69) is 25.9 Å². The number of amides is 1. The molecule has 0 fully saturated rings. The standard InChI is InChI=1S/C7H8BrN3O/c1-11(2)7(12)5-3-9-4-6(8)10-5/h3-4H,1-2H3. The van der Waals surface area contributed by atoms with Crippen molar-refractivity contribution >= 4 is 21.8 Å². The SMILES string of the molecule is CN(C)C(=O)c1cncc(Br)n1. The lowest BCUT2D eigenvalue weighted by Gasteiger charge is -2.08. The van der Waals surface area contributed by atoms with Crippen LogP contribution in [-0.4, -0.2) is 34.9 Å². The third-order valence-corrected chi connectivity index (χ3v) is 1.61. The molecule has 0 saturated heterocycles. The van der Waals surface area contributed by atoms with Crippen molar-refractivity contribution in [2.75, 3.05) is 14.1 Å². The fraction of sp³-hybridized carbons (Fsp3) is 0.286. The Labute approximate surface area is 78.8 Å². The van der Waals surface area contributed by atoms with E-state index in [0.29, 0.717) is 10.3 Å². The van der Waals surface area contributed by atoms with Gasteiger partial charge in [-0.05, 0) is 15.9 Å². The van der Waals surface area contributed by atoms with Crippen molar-refractivity contribution in [3.05, 3.63) is 22.7 Å². The minimum Gasteiger partial charge on any atom is -0.343 e. The highest BCUT2D eigenvalue weighted by molar-refractivity contribution is 9.10. The van der Waals surface area contributed by atoms with Gasteiger partial charge in [0.05, 0.1) is 12.4 Å². The van der Waals surface area contributed by atoms with E-state index in [1.165, 1.54) is 17.3 Å². The number of hydrogen-bond donors (Lipinski definition) is 0. The van der Waals surface area contributed by atoms with Crippen LogP contribution in [0.1, 0.15) is 10.5 Å². The fourth-order valence-electron chi connectivity index (χ4n) is 0.674. The lowest BCUT2D eigenvalue weighted by Crippen LogP contribution is -2.22. The zero-order valence-corrected chi connectivity index (χ0v) is 8.37. The first-order valence-corrected chi connectivity index (χ1v) is 4.10. The molecular weight excluding hydrogens is 222 g/mol. The van der Waals surface area contributed by atoms with Crippen LogP contribution in [0.4, 0.5) is 0 Å². The Morgan fingerprint density at radius 1 is 1.50 bits per heavy atom. The molecule has 4 nitrogen and oxygen atoms in total. The maximum Gasteiger partial charge on any atom is 0.273 e. The molecular formula is C7H8BrN3O. The second-order valence-corrected chi connectivity index (χ2v) is 3.24. The average Bonchev–Trinajstić information content (AvgIpc) is 2.03. The summed E-state index contributed by atoms with van der Waals surface area (Å²) in [5, 5.41) is 0. The number of halogens is 1. The van der Waals surface area contributed by atoms with Gasteiger partial charge < -0.3 is 4.90 Å². The average molecular weight is 230 g/mol. The largest absolute Gasteiger partial charge is 0.343 e. The molecule has 0 aliphatic rings. The topological polar surface area (TPSA) is 46.1 Å². The molecule has 0 unspecified atom stereocenters. The molecule has 1 amide bonds. The molecule has 5 heteroatoms. The summed E-state index contributed by atoms with van der Waals surface area (Å²) in [6, 6.07) is 0. The molecule has 0 radical (unpaired) electrons. The van der Waals surface area contributed by atoms with Gasteiger partial charge in [-0.25, -0.2) is 4.98 Å². The molecule has 12 heavy (non-hydrogen) atoms. The third kappa shape index (κ3) is 2.01. The summed E-state index contributed by atoms with van der Waals surface area (Å²) in [6.07, 6.45) is 2.97. The van der Waals surface area contributed by atoms with E-state index < -0.39 is 0 Å². The number of aromatic nitrogens is 2. The molecule has 0 spiro atoms. The predicted molar refractivity (Wildman–Crippen MR) is 47.7 cm³/mol. The van der Waals surface area contributed by atoms with Crippen LogP contribution < -0.4 is 0 Å². The molecule has 0 atom stereocenters. The van der Waals surface area contributed by atoms with Gasteiger partial charge in [0.1, 0.15) is 10.3 Å². The Morgan fingerprint density at radius 3 is 2.67 bits per heavy atom. The van der Waals surface area contributed by atoms with Crippen LogP contribution >= 0.6 is 15.9 Å². The number of carbonyl (C=O) groups excluding carboxylic acids is 1. The van der Waals surface area contributed by atoms with Crippen LogP contribution in [0.5, 0.6) is 0 Å². The minimum absolute atomic E-state index is 0.149. The first-order valence-electron chi connectivity index (χ1n) is 3.30. The van der Waals surface area contributed by atoms with Crippen LogP contribution in [-0.2, 0) is 0 Å². The lowest BCUT2D eigenvalue weighted by atomic mass is 10.4. The maximum absolute atomic E-state index is 11.3. The molecule has 0 aliphatic carbocycles. The van der Waals surface area contributed by atoms with Gasteiger partial charge in [0.2, 0.25) is 0 Å². The summed E-state index contributed by atoms with van der Waals surface area (Å²) in [5.74, 6) is -0.149. The van der Waals surface area contributed by atoms with Crippen molar-refractivity contribution < 1.29 is 4.79 Å². The summed E-state index contributed by atoms with van der Waals surface area (Å²) < 4.78 is 0.565. The number of nitrogens with zero attached hydrogens (tertiary/aromatic N) is 3. The Kier molecular flexibility index (Phi) is 2.75. The van der Waals surface area contributed by atoms with E-state index in [4.69, 9.17) is 0 Å². The Bertz CT molecular complexity index is 300. The Morgan fingerprint density at radius 2 is 2.17 bits per heavy atom. The van der Waals surface area contributed by atoms with E-state index in [0.717, 1.165) is 0 Å². The Balaban J connectivity index is 2.96. The highest BCUT2D eigenvalue weighted by Gasteiger charge is 2.09. The molecule has 0 N–H and O–H groups in total. The van der Waals surface area contributed by atoms with E-state index >= 15 is 0 Å². The van der Waals surface area contributed by atoms with Crippen LogP contribution in [0.25, 0.3) is 0 Å². The van der Waals surface area contributed by atoms with Gasteiger partial charge in [-0.1, -0.05) is 0 Å². The van der Waals surface area contributed by atoms with E-state index in [1.807, 2.05) is 0 Å². The molecule has 1 aromatic rings. The monoisotopic (exact) mass is 229 g/mol. The number of rotatable bonds is 1. The molecule has 64 valence electrons. The molecule has 0 bridgehead atoms. The van der Waals surface area contributed by atoms with Crippen molar-refractivity contribution in [2.45, 2.75) is 0 Å². The normalized spacial score (nSPS) is 9.58. The zero-order chi connectivity index (χ0) is 9.14. The second kappa shape index (κ2) is 3.62. The van der Waals surface area contributed by atoms with Gasteiger partial charge in [0.15, 0.2) is 0 Å². The molecule has 1 heterocycles. The Hall–Kier alpha value is -0.970. The minimum atomic E-state index is -0.149. The third-order valence-electron chi connectivity index (χ3n) is 1.23. The van der Waals surface area contributed by atoms with Crippen molar-refractivity contribution in [1.29, 1.82) is 0 Å². The van der Waals surface area contributed by atoms with Gasteiger partial charge in [0.25, 0.3) is 5.91 Å². The molecule has 0 aliphatic heterocycles. The van der Waals surface area contributed by atoms with Crippen LogP contribution in [0, 0.1) is 0 Å². The van der Waals surface area contributed by atoms with Gasteiger partial charge in [-0.2, -0.15) is 0 Å². The molecule has 0 saturated carbocycles. The lowest BCUT2D eigenvalue weighted by molar-refractivity contribution is 0.0821. The predicted octanol–water partition coefficient (Wildman–Crippen LogP) is 0.941. The van der Waals surface area contributed by atoms with Crippen molar-refractivity contribution in [2.24, 2.45) is 0 Å². The van der Waals surface area contributed by atoms with Crippen molar-refractivity contribution in [3.8, 4) is 0 Å². The highest BCUT2D eigenvalue weighted by Crippen LogP contribution is 2.04. The summed E-state index contributed by atoms with van der Waals surface area (Å²) in [4.78, 5) is 20.5. The van der Waals surface area contributed by atoms with Gasteiger partial charge in [-0.15, -0.1) is 0 Å². The fourth-order valence-corrected chi connectivity index (χ4v) is 0.984. The second-order valence-electron chi connectivity index (χ2n) is 2.43. The van der Waals surface area contributed by atoms with Crippen molar-refractivity contribution in [3.63, 3.8) is 0 Å². The zero-order valence-electron chi connectivity index (χ0n) is 6.78. The van der Waals surface area contributed by atoms with Crippen LogP contribution in [0.3, 0.4) is 0 Å². The van der Waals surface area contributed by atoms with Gasteiger partial charge >= 0.3 is 0 Å². The molecule has 1 aromatic heterocycles. The smallest absolute Gasteiger partial charge is 0.273 e. The summed E-state index contributed by atoms with van der Waals surface area (Å²) in [7, 11) is 3.34. The van der Waals surface area contributed by atoms with Crippen LogP contribution in [0.2, 0.25) is 0 Å². The van der Waals surface area contributed by atoms with Crippen molar-refractivity contribution in [1.82, 2.24) is 14.9 Å². The molecule has 0 aromatic carbocycles. The molecule has 1 rings (SSSR count). The quantitative estimate of drug-likeness (QED) is 0.721. The maximum atomic E-state index is 11.3. The number of hydrogen-bond acceptors (Lipinski definition) is 3. The first-order chi connectivity index (χ1) is 5.61. The highest BCUT2D eigenvalue weighted by atomic mass is 79.9. The van der Waals surface area contributed by atoms with Gasteiger partial charge in [0, 0.05) is 14.1 Å². The van der Waals surface area contributed by atoms with E-state index in [1.54, 1.807) is 14.1 Å². The van der Waals surface area contributed by atoms with Crippen LogP contribution in [0.15, 0.2) is 17.0 Å². The van der Waals surface area contributed by atoms with E-state index in [9.17, 15) is 4.79 Å². The summed E-state index contributed by atoms with van der Waals surface area (Å²) in [5.41, 5.74) is 0.342. The van der Waals surface area contributed by atoms with E-state index in [-0.39, 0.29) is 5.91 Å². The van der Waals surface area contributed by atoms with Gasteiger partial charge in [-0.3, -0.25) is 9.78 Å². The summed E-state index contributed by atoms with van der Waals surface area (Å²) in [6.45, 7) is 0.